The SMILES string of the molecule is O=C(CSCCC(NC(=O)OCC1c2ccccc2-c2ccccc21)C(=O)O)NC1CCS(=O)(=O)C1. The molecule has 2 aromatic rings. The Kier molecular flexibility index (Phi) is 8.20. The fourth-order valence-corrected chi connectivity index (χ4v) is 7.07. The van der Waals surface area contributed by atoms with Crippen molar-refractivity contribution in [1.82, 2.24) is 10.6 Å². The summed E-state index contributed by atoms with van der Waals surface area (Å²) in [5, 5.41) is 14.6. The van der Waals surface area contributed by atoms with Gasteiger partial charge in [-0.3, -0.25) is 4.79 Å². The lowest BCUT2D eigenvalue weighted by Crippen LogP contribution is -2.42. The lowest BCUT2D eigenvalue weighted by Gasteiger charge is -2.17. The number of rotatable bonds is 10. The number of carboxylic acid groups (broad SMARTS) is 1. The minimum Gasteiger partial charge on any atom is -0.480 e. The van der Waals surface area contributed by atoms with Gasteiger partial charge in [-0.25, -0.2) is 18.0 Å². The predicted octanol–water partition coefficient (Wildman–Crippen LogP) is 2.40. The van der Waals surface area contributed by atoms with Crippen molar-refractivity contribution in [2.24, 2.45) is 0 Å². The molecule has 9 nitrogen and oxygen atoms in total. The van der Waals surface area contributed by atoms with Gasteiger partial charge in [0.15, 0.2) is 9.84 Å². The second-order valence-corrected chi connectivity index (χ2v) is 12.2. The van der Waals surface area contributed by atoms with E-state index in [1.807, 2.05) is 48.5 Å². The van der Waals surface area contributed by atoms with Crippen LogP contribution in [-0.2, 0) is 24.2 Å². The first kappa shape index (κ1) is 26.0. The molecule has 0 bridgehead atoms. The quantitative estimate of drug-likeness (QED) is 0.397. The van der Waals surface area contributed by atoms with E-state index in [9.17, 15) is 27.9 Å². The average Bonchev–Trinajstić information content (AvgIpc) is 3.35. The number of carbonyl (C=O) groups excluding carboxylic acids is 2. The van der Waals surface area contributed by atoms with Gasteiger partial charge in [0.1, 0.15) is 12.6 Å². The zero-order chi connectivity index (χ0) is 25.7. The molecule has 1 saturated heterocycles. The van der Waals surface area contributed by atoms with Gasteiger partial charge >= 0.3 is 12.1 Å². The molecule has 2 atom stereocenters. The number of hydrogen-bond donors (Lipinski definition) is 3. The fraction of sp³-hybridized carbons (Fsp3) is 0.400. The molecule has 2 aromatic carbocycles. The van der Waals surface area contributed by atoms with Crippen LogP contribution in [-0.4, -0.2) is 73.2 Å². The standard InChI is InChI=1S/C25H28N2O7S2/c28-23(26-16-10-12-36(32,33)15-16)14-35-11-9-22(24(29)30)27-25(31)34-13-21-19-7-3-1-5-17(19)18-6-2-4-8-20(18)21/h1-8,16,21-22H,9-15H2,(H,26,28)(H,27,31)(H,29,30). The Labute approximate surface area is 213 Å². The van der Waals surface area contributed by atoms with Crippen molar-refractivity contribution in [1.29, 1.82) is 0 Å². The minimum atomic E-state index is -3.08. The van der Waals surface area contributed by atoms with Crippen LogP contribution in [0, 0.1) is 0 Å². The van der Waals surface area contributed by atoms with E-state index in [0.29, 0.717) is 12.2 Å². The van der Waals surface area contributed by atoms with Gasteiger partial charge in [-0.2, -0.15) is 11.8 Å². The normalized spacial score (nSPS) is 18.6. The summed E-state index contributed by atoms with van der Waals surface area (Å²) in [4.78, 5) is 36.1. The Morgan fingerprint density at radius 2 is 1.69 bits per heavy atom. The summed E-state index contributed by atoms with van der Waals surface area (Å²) in [6.07, 6.45) is -0.298. The molecular weight excluding hydrogens is 504 g/mol. The minimum absolute atomic E-state index is 0.0471. The zero-order valence-corrected chi connectivity index (χ0v) is 21.1. The number of carbonyl (C=O) groups is 3. The predicted molar refractivity (Wildman–Crippen MR) is 137 cm³/mol. The van der Waals surface area contributed by atoms with Crippen LogP contribution in [0.3, 0.4) is 0 Å². The van der Waals surface area contributed by atoms with E-state index in [4.69, 9.17) is 4.74 Å². The number of amides is 2. The number of aliphatic carboxylic acids is 1. The van der Waals surface area contributed by atoms with E-state index in [0.717, 1.165) is 22.3 Å². The lowest BCUT2D eigenvalue weighted by molar-refractivity contribution is -0.139. The number of alkyl carbamates (subject to hydrolysis) is 1. The van der Waals surface area contributed by atoms with Crippen molar-refractivity contribution < 1.29 is 32.6 Å². The lowest BCUT2D eigenvalue weighted by atomic mass is 9.98. The molecule has 2 aliphatic rings. The first-order valence-corrected chi connectivity index (χ1v) is 14.6. The second-order valence-electron chi connectivity index (χ2n) is 8.87. The maximum atomic E-state index is 12.4. The van der Waals surface area contributed by atoms with E-state index < -0.39 is 27.9 Å². The summed E-state index contributed by atoms with van der Waals surface area (Å²) in [5.41, 5.74) is 4.32. The molecule has 1 fully saturated rings. The number of sulfone groups is 1. The van der Waals surface area contributed by atoms with E-state index in [-0.39, 0.29) is 48.2 Å². The van der Waals surface area contributed by atoms with Gasteiger partial charge in [-0.1, -0.05) is 48.5 Å². The van der Waals surface area contributed by atoms with Gasteiger partial charge in [-0.05, 0) is 40.8 Å². The Balaban J connectivity index is 1.22. The van der Waals surface area contributed by atoms with Crippen molar-refractivity contribution in [2.75, 3.05) is 29.6 Å². The number of nitrogens with one attached hydrogen (secondary N) is 2. The molecule has 2 unspecified atom stereocenters. The molecule has 0 spiro atoms. The van der Waals surface area contributed by atoms with E-state index in [1.165, 1.54) is 11.8 Å². The van der Waals surface area contributed by atoms with Crippen LogP contribution < -0.4 is 10.6 Å². The van der Waals surface area contributed by atoms with Crippen LogP contribution >= 0.6 is 11.8 Å². The van der Waals surface area contributed by atoms with Crippen molar-refractivity contribution >= 4 is 39.6 Å². The van der Waals surface area contributed by atoms with Gasteiger partial charge in [0.2, 0.25) is 5.91 Å². The van der Waals surface area contributed by atoms with Crippen LogP contribution in [0.15, 0.2) is 48.5 Å². The van der Waals surface area contributed by atoms with Crippen LogP contribution in [0.4, 0.5) is 4.79 Å². The van der Waals surface area contributed by atoms with Crippen LogP contribution in [0.25, 0.3) is 11.1 Å². The van der Waals surface area contributed by atoms with E-state index >= 15 is 0 Å². The second kappa shape index (κ2) is 11.3. The largest absolute Gasteiger partial charge is 0.480 e. The third kappa shape index (κ3) is 6.38. The summed E-state index contributed by atoms with van der Waals surface area (Å²) in [6, 6.07) is 14.3. The van der Waals surface area contributed by atoms with Crippen molar-refractivity contribution in [3.63, 3.8) is 0 Å². The van der Waals surface area contributed by atoms with Gasteiger partial charge in [-0.15, -0.1) is 0 Å². The molecule has 0 radical (unpaired) electrons. The van der Waals surface area contributed by atoms with Gasteiger partial charge in [0.05, 0.1) is 17.3 Å². The molecule has 2 amide bonds. The van der Waals surface area contributed by atoms with Gasteiger partial charge in [0, 0.05) is 12.0 Å². The summed E-state index contributed by atoms with van der Waals surface area (Å²) in [6.45, 7) is 0.0814. The fourth-order valence-electron chi connectivity index (χ4n) is 4.58. The van der Waals surface area contributed by atoms with Gasteiger partial charge < -0.3 is 20.5 Å². The summed E-state index contributed by atoms with van der Waals surface area (Å²) < 4.78 is 28.4. The number of fused-ring (bicyclic) bond motifs is 3. The molecule has 1 aliphatic heterocycles. The van der Waals surface area contributed by atoms with Crippen LogP contribution in [0.5, 0.6) is 0 Å². The van der Waals surface area contributed by atoms with Crippen molar-refractivity contribution in [3.05, 3.63) is 59.7 Å². The molecule has 11 heteroatoms. The van der Waals surface area contributed by atoms with E-state index in [1.54, 1.807) is 0 Å². The Morgan fingerprint density at radius 3 is 2.28 bits per heavy atom. The molecule has 1 aliphatic carbocycles. The highest BCUT2D eigenvalue weighted by Gasteiger charge is 2.30. The number of carboxylic acids is 1. The number of hydrogen-bond acceptors (Lipinski definition) is 7. The third-order valence-electron chi connectivity index (χ3n) is 6.32. The Hall–Kier alpha value is -3.05. The zero-order valence-electron chi connectivity index (χ0n) is 19.5. The molecule has 36 heavy (non-hydrogen) atoms. The monoisotopic (exact) mass is 532 g/mol. The molecule has 0 aromatic heterocycles. The highest BCUT2D eigenvalue weighted by atomic mass is 32.2. The molecule has 3 N–H and O–H groups in total. The first-order valence-electron chi connectivity index (χ1n) is 11.7. The highest BCUT2D eigenvalue weighted by molar-refractivity contribution is 7.99. The van der Waals surface area contributed by atoms with Crippen LogP contribution in [0.1, 0.15) is 29.9 Å². The molecule has 192 valence electrons. The topological polar surface area (TPSA) is 139 Å². The summed E-state index contributed by atoms with van der Waals surface area (Å²) >= 11 is 1.22. The highest BCUT2D eigenvalue weighted by Crippen LogP contribution is 2.44. The molecule has 0 saturated carbocycles. The third-order valence-corrected chi connectivity index (χ3v) is 9.07. The number of thioether (sulfide) groups is 1. The number of ether oxygens (including phenoxy) is 1. The Bertz CT molecular complexity index is 1200. The van der Waals surface area contributed by atoms with E-state index in [2.05, 4.69) is 10.6 Å². The smallest absolute Gasteiger partial charge is 0.407 e. The summed E-state index contributed by atoms with van der Waals surface area (Å²) in [5.74, 6) is -1.19. The molecule has 4 rings (SSSR count). The molecule has 1 heterocycles. The van der Waals surface area contributed by atoms with Crippen molar-refractivity contribution in [3.8, 4) is 11.1 Å². The first-order chi connectivity index (χ1) is 17.2. The number of benzene rings is 2. The maximum Gasteiger partial charge on any atom is 0.407 e. The maximum absolute atomic E-state index is 12.4. The average molecular weight is 533 g/mol. The van der Waals surface area contributed by atoms with Gasteiger partial charge in [0.25, 0.3) is 0 Å². The van der Waals surface area contributed by atoms with Crippen molar-refractivity contribution in [2.45, 2.75) is 30.8 Å². The Morgan fingerprint density at radius 1 is 1.06 bits per heavy atom. The molecular formula is C25H28N2O7S2. The summed E-state index contributed by atoms with van der Waals surface area (Å²) in [7, 11) is -3.08. The van der Waals surface area contributed by atoms with Crippen LogP contribution in [0.2, 0.25) is 0 Å².